The largest absolute Gasteiger partial charge is 0.492 e. The van der Waals surface area contributed by atoms with Crippen molar-refractivity contribution >= 4 is 5.82 Å². The number of rotatable bonds is 3. The van der Waals surface area contributed by atoms with E-state index in [1.165, 1.54) is 12.1 Å². The van der Waals surface area contributed by atoms with E-state index in [4.69, 9.17) is 10.5 Å². The maximum atomic E-state index is 14.6. The first-order chi connectivity index (χ1) is 12.8. The summed E-state index contributed by atoms with van der Waals surface area (Å²) in [6, 6.07) is 2.70. The molecule has 27 heavy (non-hydrogen) atoms. The quantitative estimate of drug-likeness (QED) is 0.623. The van der Waals surface area contributed by atoms with E-state index in [0.29, 0.717) is 24.2 Å². The zero-order valence-electron chi connectivity index (χ0n) is 14.1. The average Bonchev–Trinajstić information content (AvgIpc) is 3.06. The number of nitrogens with two attached hydrogens (primary N) is 1. The summed E-state index contributed by atoms with van der Waals surface area (Å²) in [7, 11) is 0. The molecular weight excluding hydrogens is 366 g/mol. The highest BCUT2D eigenvalue weighted by Crippen LogP contribution is 2.42. The topological polar surface area (TPSA) is 132 Å². The van der Waals surface area contributed by atoms with E-state index in [2.05, 4.69) is 10.1 Å². The highest BCUT2D eigenvalue weighted by molar-refractivity contribution is 5.23. The van der Waals surface area contributed by atoms with Crippen LogP contribution in [0.5, 0.6) is 5.88 Å². The van der Waals surface area contributed by atoms with Crippen molar-refractivity contribution in [2.75, 3.05) is 18.8 Å². The molecule has 10 nitrogen and oxygen atoms in total. The first kappa shape index (κ1) is 17.8. The summed E-state index contributed by atoms with van der Waals surface area (Å²) in [5, 5.41) is 23.5. The van der Waals surface area contributed by atoms with Crippen molar-refractivity contribution in [1.29, 1.82) is 0 Å². The van der Waals surface area contributed by atoms with Crippen LogP contribution in [0.25, 0.3) is 0 Å². The first-order valence-corrected chi connectivity index (χ1v) is 8.30. The Morgan fingerprint density at radius 2 is 2.19 bits per heavy atom. The number of halogens is 2. The van der Waals surface area contributed by atoms with E-state index in [-0.39, 0.29) is 18.2 Å². The van der Waals surface area contributed by atoms with E-state index in [9.17, 15) is 23.8 Å². The van der Waals surface area contributed by atoms with Gasteiger partial charge in [-0.3, -0.25) is 14.1 Å². The Kier molecular flexibility index (Phi) is 4.13. The van der Waals surface area contributed by atoms with E-state index >= 15 is 0 Å². The van der Waals surface area contributed by atoms with Crippen molar-refractivity contribution in [1.82, 2.24) is 24.2 Å². The number of alkyl halides is 2. The standard InChI is InChI=1S/C15H18F2N6O4/c16-15(17)12(25)9(27-13(15)22-2-1-10(18)19-14(22)26)7-21-3-4-23-8(6-21)5-11(24)20-23/h1-2,5,9,12-13,25H,3-4,6-7H2,(H,20,24)(H2,18,19,26)/t9-,12-,13-/m1/s1. The van der Waals surface area contributed by atoms with Gasteiger partial charge in [-0.1, -0.05) is 0 Å². The SMILES string of the molecule is Nc1ccn([C@@H]2O[C@H](CN3CCn4nc(O)cc4C3)[C@@H](O)C2(F)F)c(=O)n1. The van der Waals surface area contributed by atoms with Crippen molar-refractivity contribution in [2.45, 2.75) is 37.4 Å². The number of aliphatic hydroxyl groups is 1. The molecule has 0 radical (unpaired) electrons. The fourth-order valence-electron chi connectivity index (χ4n) is 3.44. The second-order valence-corrected chi connectivity index (χ2v) is 6.64. The highest BCUT2D eigenvalue weighted by atomic mass is 19.3. The molecule has 0 saturated carbocycles. The summed E-state index contributed by atoms with van der Waals surface area (Å²) in [6.07, 6.45) is -4.21. The number of aliphatic hydroxyl groups excluding tert-OH is 1. The third-order valence-corrected chi connectivity index (χ3v) is 4.79. The molecule has 1 fully saturated rings. The van der Waals surface area contributed by atoms with Crippen LogP contribution >= 0.6 is 0 Å². The van der Waals surface area contributed by atoms with E-state index in [0.717, 1.165) is 11.9 Å². The fourth-order valence-corrected chi connectivity index (χ4v) is 3.44. The van der Waals surface area contributed by atoms with Crippen LogP contribution in [0.3, 0.4) is 0 Å². The minimum absolute atomic E-state index is 0.0242. The molecular formula is C15H18F2N6O4. The molecule has 2 aromatic heterocycles. The summed E-state index contributed by atoms with van der Waals surface area (Å²) in [6.45, 7) is 1.34. The van der Waals surface area contributed by atoms with Gasteiger partial charge in [-0.15, -0.1) is 5.10 Å². The Morgan fingerprint density at radius 1 is 1.41 bits per heavy atom. The monoisotopic (exact) mass is 384 g/mol. The normalized spacial score (nSPS) is 27.6. The van der Waals surface area contributed by atoms with Gasteiger partial charge in [-0.05, 0) is 6.07 Å². The second kappa shape index (κ2) is 6.25. The van der Waals surface area contributed by atoms with Crippen LogP contribution in [-0.2, 0) is 17.8 Å². The number of hydrogen-bond acceptors (Lipinski definition) is 8. The molecule has 4 rings (SSSR count). The lowest BCUT2D eigenvalue weighted by Gasteiger charge is -2.30. The van der Waals surface area contributed by atoms with Crippen LogP contribution in [-0.4, -0.2) is 65.7 Å². The number of aromatic hydroxyl groups is 1. The molecule has 2 aliphatic rings. The Labute approximate surface area is 151 Å². The number of nitrogens with zero attached hydrogens (tertiary/aromatic N) is 5. The van der Waals surface area contributed by atoms with Crippen molar-refractivity contribution in [3.8, 4) is 5.88 Å². The van der Waals surface area contributed by atoms with Gasteiger partial charge in [0.05, 0.1) is 12.2 Å². The van der Waals surface area contributed by atoms with E-state index in [1.54, 1.807) is 4.68 Å². The number of aromatic nitrogens is 4. The van der Waals surface area contributed by atoms with Crippen LogP contribution in [0.1, 0.15) is 11.9 Å². The smallest absolute Gasteiger partial charge is 0.351 e. The lowest BCUT2D eigenvalue weighted by atomic mass is 10.1. The minimum Gasteiger partial charge on any atom is -0.492 e. The molecule has 2 aliphatic heterocycles. The van der Waals surface area contributed by atoms with Gasteiger partial charge in [0.25, 0.3) is 0 Å². The summed E-state index contributed by atoms with van der Waals surface area (Å²) in [4.78, 5) is 17.1. The Hall–Kier alpha value is -2.57. The molecule has 0 aliphatic carbocycles. The van der Waals surface area contributed by atoms with E-state index < -0.39 is 30.0 Å². The van der Waals surface area contributed by atoms with Gasteiger partial charge >= 0.3 is 11.6 Å². The molecule has 3 atom stereocenters. The molecule has 4 heterocycles. The summed E-state index contributed by atoms with van der Waals surface area (Å²) in [5.74, 6) is -3.88. The van der Waals surface area contributed by atoms with Crippen molar-refractivity contribution in [2.24, 2.45) is 0 Å². The van der Waals surface area contributed by atoms with Crippen LogP contribution in [0.2, 0.25) is 0 Å². The molecule has 0 spiro atoms. The predicted molar refractivity (Wildman–Crippen MR) is 86.9 cm³/mol. The van der Waals surface area contributed by atoms with Crippen LogP contribution in [0, 0.1) is 0 Å². The van der Waals surface area contributed by atoms with Crippen molar-refractivity contribution < 1.29 is 23.7 Å². The Bertz CT molecular complexity index is 916. The van der Waals surface area contributed by atoms with E-state index in [1.807, 2.05) is 4.90 Å². The molecule has 0 unspecified atom stereocenters. The second-order valence-electron chi connectivity index (χ2n) is 6.64. The molecule has 0 amide bonds. The number of hydrogen-bond donors (Lipinski definition) is 3. The van der Waals surface area contributed by atoms with Gasteiger partial charge in [0, 0.05) is 31.9 Å². The van der Waals surface area contributed by atoms with Gasteiger partial charge in [0.2, 0.25) is 12.1 Å². The maximum Gasteiger partial charge on any atom is 0.351 e. The van der Waals surface area contributed by atoms with Gasteiger partial charge in [-0.2, -0.15) is 13.8 Å². The first-order valence-electron chi connectivity index (χ1n) is 8.30. The zero-order chi connectivity index (χ0) is 19.3. The fraction of sp³-hybridized carbons (Fsp3) is 0.533. The van der Waals surface area contributed by atoms with Crippen LogP contribution in [0.4, 0.5) is 14.6 Å². The number of anilines is 1. The number of nitrogen functional groups attached to an aromatic ring is 1. The lowest BCUT2D eigenvalue weighted by molar-refractivity contribution is -0.140. The van der Waals surface area contributed by atoms with Gasteiger partial charge in [0.15, 0.2) is 0 Å². The van der Waals surface area contributed by atoms with Gasteiger partial charge in [-0.25, -0.2) is 4.79 Å². The Balaban J connectivity index is 1.52. The van der Waals surface area contributed by atoms with Crippen molar-refractivity contribution in [3.05, 3.63) is 34.5 Å². The molecule has 0 bridgehead atoms. The van der Waals surface area contributed by atoms with Crippen LogP contribution in [0.15, 0.2) is 23.1 Å². The third kappa shape index (κ3) is 3.05. The third-order valence-electron chi connectivity index (χ3n) is 4.79. The summed E-state index contributed by atoms with van der Waals surface area (Å²) < 4.78 is 36.7. The highest BCUT2D eigenvalue weighted by Gasteiger charge is 2.59. The number of ether oxygens (including phenoxy) is 1. The van der Waals surface area contributed by atoms with Crippen molar-refractivity contribution in [3.63, 3.8) is 0 Å². The maximum absolute atomic E-state index is 14.6. The average molecular weight is 384 g/mol. The van der Waals surface area contributed by atoms with Crippen LogP contribution < -0.4 is 11.4 Å². The molecule has 4 N–H and O–H groups in total. The Morgan fingerprint density at radius 3 is 2.93 bits per heavy atom. The molecule has 146 valence electrons. The number of fused-ring (bicyclic) bond motifs is 1. The van der Waals surface area contributed by atoms with Gasteiger partial charge in [0.1, 0.15) is 18.0 Å². The summed E-state index contributed by atoms with van der Waals surface area (Å²) >= 11 is 0. The molecule has 0 aromatic carbocycles. The molecule has 1 saturated heterocycles. The predicted octanol–water partition coefficient (Wildman–Crippen LogP) is -0.863. The van der Waals surface area contributed by atoms with Gasteiger partial charge < -0.3 is 20.7 Å². The molecule has 12 heteroatoms. The molecule has 2 aromatic rings. The lowest BCUT2D eigenvalue weighted by Crippen LogP contribution is -2.45. The summed E-state index contributed by atoms with van der Waals surface area (Å²) in [5.41, 5.74) is 5.13. The minimum atomic E-state index is -3.68. The zero-order valence-corrected chi connectivity index (χ0v) is 14.1.